The Balaban J connectivity index is 1.58. The molecule has 2 aliphatic heterocycles. The van der Waals surface area contributed by atoms with Crippen LogP contribution in [0.2, 0.25) is 0 Å². The molecule has 0 saturated carbocycles. The minimum absolute atomic E-state index is 0.144. The smallest absolute Gasteiger partial charge is 0.123 e. The van der Waals surface area contributed by atoms with Crippen LogP contribution in [0.1, 0.15) is 32.6 Å². The minimum atomic E-state index is -0.144. The van der Waals surface area contributed by atoms with Crippen molar-refractivity contribution in [1.29, 1.82) is 0 Å². The lowest BCUT2D eigenvalue weighted by Crippen LogP contribution is -2.46. The van der Waals surface area contributed by atoms with Gasteiger partial charge in [0.1, 0.15) is 5.82 Å². The standard InChI is InChI=1S/C17H25FN2/c1-2-19-11-7-17(8-12-19)9-13-20(14-10-17)16-5-3-15(18)4-6-16/h3-6H,2,7-14H2,1H3. The van der Waals surface area contributed by atoms with E-state index < -0.39 is 0 Å². The molecule has 1 aromatic carbocycles. The van der Waals surface area contributed by atoms with Gasteiger partial charge < -0.3 is 9.80 Å². The van der Waals surface area contributed by atoms with E-state index in [9.17, 15) is 4.39 Å². The molecular weight excluding hydrogens is 251 g/mol. The fourth-order valence-electron chi connectivity index (χ4n) is 3.73. The number of benzene rings is 1. The third kappa shape index (κ3) is 2.83. The molecule has 0 N–H and O–H groups in total. The molecule has 2 fully saturated rings. The maximum absolute atomic E-state index is 13.0. The maximum atomic E-state index is 13.0. The van der Waals surface area contributed by atoms with Gasteiger partial charge in [0.2, 0.25) is 0 Å². The number of halogens is 1. The van der Waals surface area contributed by atoms with Crippen LogP contribution >= 0.6 is 0 Å². The SMILES string of the molecule is CCN1CCC2(CC1)CCN(c1ccc(F)cc1)CC2. The van der Waals surface area contributed by atoms with Crippen molar-refractivity contribution in [2.45, 2.75) is 32.6 Å². The van der Waals surface area contributed by atoms with Gasteiger partial charge in [-0.15, -0.1) is 0 Å². The summed E-state index contributed by atoms with van der Waals surface area (Å²) in [7, 11) is 0. The van der Waals surface area contributed by atoms with Gasteiger partial charge in [-0.2, -0.15) is 0 Å². The second kappa shape index (κ2) is 5.72. The summed E-state index contributed by atoms with van der Waals surface area (Å²) in [5.41, 5.74) is 1.76. The molecule has 1 aromatic rings. The Morgan fingerprint density at radius 3 is 2.05 bits per heavy atom. The first kappa shape index (κ1) is 13.9. The zero-order chi connectivity index (χ0) is 14.0. The zero-order valence-corrected chi connectivity index (χ0v) is 12.4. The van der Waals surface area contributed by atoms with Crippen molar-refractivity contribution in [2.75, 3.05) is 37.6 Å². The van der Waals surface area contributed by atoms with Crippen LogP contribution in [0, 0.1) is 11.2 Å². The summed E-state index contributed by atoms with van der Waals surface area (Å²) in [5.74, 6) is -0.144. The molecule has 0 aromatic heterocycles. The van der Waals surface area contributed by atoms with Crippen molar-refractivity contribution in [3.05, 3.63) is 30.1 Å². The molecular formula is C17H25FN2. The fourth-order valence-corrected chi connectivity index (χ4v) is 3.73. The number of rotatable bonds is 2. The molecule has 0 amide bonds. The first-order valence-electron chi connectivity index (χ1n) is 7.94. The first-order chi connectivity index (χ1) is 9.71. The van der Waals surface area contributed by atoms with E-state index in [1.165, 1.54) is 51.0 Å². The van der Waals surface area contributed by atoms with Crippen molar-refractivity contribution in [2.24, 2.45) is 5.41 Å². The third-order valence-corrected chi connectivity index (χ3v) is 5.38. The Morgan fingerprint density at radius 1 is 0.950 bits per heavy atom. The number of hydrogen-bond donors (Lipinski definition) is 0. The largest absolute Gasteiger partial charge is 0.371 e. The summed E-state index contributed by atoms with van der Waals surface area (Å²) >= 11 is 0. The van der Waals surface area contributed by atoms with Crippen LogP contribution in [0.3, 0.4) is 0 Å². The zero-order valence-electron chi connectivity index (χ0n) is 12.4. The summed E-state index contributed by atoms with van der Waals surface area (Å²) in [6.45, 7) is 8.24. The molecule has 0 aliphatic carbocycles. The highest BCUT2D eigenvalue weighted by Gasteiger charge is 2.37. The van der Waals surface area contributed by atoms with Gasteiger partial charge in [-0.25, -0.2) is 4.39 Å². The van der Waals surface area contributed by atoms with E-state index in [0.29, 0.717) is 5.41 Å². The third-order valence-electron chi connectivity index (χ3n) is 5.38. The molecule has 0 unspecified atom stereocenters. The first-order valence-corrected chi connectivity index (χ1v) is 7.94. The van der Waals surface area contributed by atoms with Gasteiger partial charge in [0, 0.05) is 18.8 Å². The van der Waals surface area contributed by atoms with Crippen LogP contribution in [0.5, 0.6) is 0 Å². The second-order valence-corrected chi connectivity index (χ2v) is 6.40. The Kier molecular flexibility index (Phi) is 3.97. The summed E-state index contributed by atoms with van der Waals surface area (Å²) < 4.78 is 13.0. The van der Waals surface area contributed by atoms with Crippen LogP contribution in [0.15, 0.2) is 24.3 Å². The van der Waals surface area contributed by atoms with Gasteiger partial charge in [-0.3, -0.25) is 0 Å². The van der Waals surface area contributed by atoms with Gasteiger partial charge in [-0.05, 0) is 75.0 Å². The van der Waals surface area contributed by atoms with Crippen molar-refractivity contribution in [1.82, 2.24) is 4.90 Å². The van der Waals surface area contributed by atoms with Gasteiger partial charge in [-0.1, -0.05) is 6.92 Å². The summed E-state index contributed by atoms with van der Waals surface area (Å²) in [5, 5.41) is 0. The van der Waals surface area contributed by atoms with Crippen LogP contribution in [0.4, 0.5) is 10.1 Å². The van der Waals surface area contributed by atoms with Crippen molar-refractivity contribution >= 4 is 5.69 Å². The van der Waals surface area contributed by atoms with Gasteiger partial charge in [0.25, 0.3) is 0 Å². The van der Waals surface area contributed by atoms with E-state index in [-0.39, 0.29) is 5.82 Å². The predicted octanol–water partition coefficient (Wildman–Crippen LogP) is 3.53. The number of likely N-dealkylation sites (tertiary alicyclic amines) is 1. The monoisotopic (exact) mass is 276 g/mol. The van der Waals surface area contributed by atoms with E-state index in [2.05, 4.69) is 16.7 Å². The van der Waals surface area contributed by atoms with Crippen molar-refractivity contribution in [3.8, 4) is 0 Å². The van der Waals surface area contributed by atoms with Gasteiger partial charge in [0.15, 0.2) is 0 Å². The molecule has 1 spiro atoms. The lowest BCUT2D eigenvalue weighted by Gasteiger charge is -2.47. The van der Waals surface area contributed by atoms with Crippen molar-refractivity contribution < 1.29 is 4.39 Å². The molecule has 2 saturated heterocycles. The molecule has 2 nitrogen and oxygen atoms in total. The highest BCUT2D eigenvalue weighted by atomic mass is 19.1. The van der Waals surface area contributed by atoms with Gasteiger partial charge >= 0.3 is 0 Å². The molecule has 0 bridgehead atoms. The van der Waals surface area contributed by atoms with E-state index >= 15 is 0 Å². The number of piperidine rings is 2. The number of anilines is 1. The summed E-state index contributed by atoms with van der Waals surface area (Å²) in [6, 6.07) is 6.96. The van der Waals surface area contributed by atoms with Gasteiger partial charge in [0.05, 0.1) is 0 Å². The molecule has 3 rings (SSSR count). The summed E-state index contributed by atoms with van der Waals surface area (Å²) in [4.78, 5) is 4.98. The number of nitrogens with zero attached hydrogens (tertiary/aromatic N) is 2. The molecule has 2 aliphatic rings. The van der Waals surface area contributed by atoms with Crippen LogP contribution in [-0.4, -0.2) is 37.6 Å². The highest BCUT2D eigenvalue weighted by Crippen LogP contribution is 2.41. The minimum Gasteiger partial charge on any atom is -0.371 e. The molecule has 20 heavy (non-hydrogen) atoms. The Bertz CT molecular complexity index is 425. The van der Waals surface area contributed by atoms with E-state index in [1.54, 1.807) is 12.1 Å². The molecule has 0 atom stereocenters. The Hall–Kier alpha value is -1.09. The predicted molar refractivity (Wildman–Crippen MR) is 81.6 cm³/mol. The molecule has 3 heteroatoms. The quantitative estimate of drug-likeness (QED) is 0.815. The molecule has 0 radical (unpaired) electrons. The van der Waals surface area contributed by atoms with E-state index in [0.717, 1.165) is 13.1 Å². The highest BCUT2D eigenvalue weighted by molar-refractivity contribution is 5.46. The van der Waals surface area contributed by atoms with Crippen LogP contribution in [-0.2, 0) is 0 Å². The maximum Gasteiger partial charge on any atom is 0.123 e. The normalized spacial score (nSPS) is 23.2. The topological polar surface area (TPSA) is 6.48 Å². The summed E-state index contributed by atoms with van der Waals surface area (Å²) in [6.07, 6.45) is 5.31. The fraction of sp³-hybridized carbons (Fsp3) is 0.647. The van der Waals surface area contributed by atoms with E-state index in [1.807, 2.05) is 12.1 Å². The molecule has 110 valence electrons. The van der Waals surface area contributed by atoms with Crippen LogP contribution < -0.4 is 4.90 Å². The lowest BCUT2D eigenvalue weighted by atomic mass is 9.71. The average molecular weight is 276 g/mol. The second-order valence-electron chi connectivity index (χ2n) is 6.40. The van der Waals surface area contributed by atoms with E-state index in [4.69, 9.17) is 0 Å². The average Bonchev–Trinajstić information content (AvgIpc) is 2.50. The number of hydrogen-bond acceptors (Lipinski definition) is 2. The van der Waals surface area contributed by atoms with Crippen molar-refractivity contribution in [3.63, 3.8) is 0 Å². The lowest BCUT2D eigenvalue weighted by molar-refractivity contribution is 0.0831. The Morgan fingerprint density at radius 2 is 1.50 bits per heavy atom. The Labute approximate surface area is 121 Å². The molecule has 2 heterocycles. The van der Waals surface area contributed by atoms with Crippen LogP contribution in [0.25, 0.3) is 0 Å².